The van der Waals surface area contributed by atoms with Crippen LogP contribution in [0.2, 0.25) is 0 Å². The van der Waals surface area contributed by atoms with Crippen molar-refractivity contribution < 1.29 is 5.11 Å². The number of fused-ring (bicyclic) bond motifs is 1. The van der Waals surface area contributed by atoms with Gasteiger partial charge >= 0.3 is 0 Å². The number of anilines is 1. The van der Waals surface area contributed by atoms with Gasteiger partial charge in [0.1, 0.15) is 12.1 Å². The molecule has 0 amide bonds. The predicted octanol–water partition coefficient (Wildman–Crippen LogP) is 2.34. The quantitative estimate of drug-likeness (QED) is 0.756. The molecule has 3 rings (SSSR count). The summed E-state index contributed by atoms with van der Waals surface area (Å²) in [6, 6.07) is 4.13. The van der Waals surface area contributed by atoms with Gasteiger partial charge < -0.3 is 10.4 Å². The van der Waals surface area contributed by atoms with Crippen LogP contribution in [0.1, 0.15) is 28.6 Å². The molecule has 7 heteroatoms. The summed E-state index contributed by atoms with van der Waals surface area (Å²) in [6.07, 6.45) is 2.14. The van der Waals surface area contributed by atoms with Crippen molar-refractivity contribution in [3.8, 4) is 0 Å². The number of aliphatic hydroxyl groups excluding tert-OH is 1. The summed E-state index contributed by atoms with van der Waals surface area (Å²) in [5, 5.41) is 19.1. The van der Waals surface area contributed by atoms with E-state index in [1.165, 1.54) is 11.2 Å². The zero-order chi connectivity index (χ0) is 14.8. The summed E-state index contributed by atoms with van der Waals surface area (Å²) >= 11 is 1.67. The fourth-order valence-corrected chi connectivity index (χ4v) is 3.08. The standard InChI is InChI=1S/C14H17N5OS/c1-9-10(2)17-14-15-8-16-19(14)13(9)18-11(5-6-20)12-4-3-7-21-12/h3-4,7-8,11,18,20H,5-6H2,1-2H3. The summed E-state index contributed by atoms with van der Waals surface area (Å²) < 4.78 is 1.71. The molecule has 3 aromatic rings. The molecule has 2 N–H and O–H groups in total. The van der Waals surface area contributed by atoms with Crippen molar-refractivity contribution in [2.24, 2.45) is 0 Å². The van der Waals surface area contributed by atoms with Gasteiger partial charge in [0.15, 0.2) is 0 Å². The van der Waals surface area contributed by atoms with Crippen molar-refractivity contribution in [1.82, 2.24) is 19.6 Å². The molecule has 0 radical (unpaired) electrons. The van der Waals surface area contributed by atoms with Crippen molar-refractivity contribution in [3.05, 3.63) is 40.0 Å². The van der Waals surface area contributed by atoms with Gasteiger partial charge in [0.05, 0.1) is 6.04 Å². The number of aliphatic hydroxyl groups is 1. The van der Waals surface area contributed by atoms with E-state index in [4.69, 9.17) is 0 Å². The maximum absolute atomic E-state index is 9.33. The molecule has 0 aliphatic heterocycles. The maximum Gasteiger partial charge on any atom is 0.254 e. The molecule has 0 aliphatic carbocycles. The van der Waals surface area contributed by atoms with Gasteiger partial charge in [-0.05, 0) is 31.7 Å². The van der Waals surface area contributed by atoms with Gasteiger partial charge in [0, 0.05) is 22.7 Å². The Kier molecular flexibility index (Phi) is 3.85. The van der Waals surface area contributed by atoms with E-state index in [1.807, 2.05) is 25.3 Å². The molecule has 0 spiro atoms. The summed E-state index contributed by atoms with van der Waals surface area (Å²) in [5.74, 6) is 1.45. The van der Waals surface area contributed by atoms with Crippen LogP contribution in [0.3, 0.4) is 0 Å². The minimum absolute atomic E-state index is 0.0444. The lowest BCUT2D eigenvalue weighted by atomic mass is 10.1. The maximum atomic E-state index is 9.33. The van der Waals surface area contributed by atoms with Gasteiger partial charge in [-0.2, -0.15) is 14.6 Å². The van der Waals surface area contributed by atoms with Crippen LogP contribution in [0.4, 0.5) is 5.82 Å². The number of aromatic nitrogens is 4. The van der Waals surface area contributed by atoms with Gasteiger partial charge in [0.2, 0.25) is 0 Å². The van der Waals surface area contributed by atoms with Crippen LogP contribution >= 0.6 is 11.3 Å². The van der Waals surface area contributed by atoms with Crippen LogP contribution < -0.4 is 5.32 Å². The Balaban J connectivity index is 2.03. The Bertz CT molecular complexity index is 737. The largest absolute Gasteiger partial charge is 0.396 e. The molecule has 0 saturated carbocycles. The first-order valence-corrected chi connectivity index (χ1v) is 7.66. The van der Waals surface area contributed by atoms with Crippen LogP contribution in [0.5, 0.6) is 0 Å². The third kappa shape index (κ3) is 2.62. The third-order valence-electron chi connectivity index (χ3n) is 3.52. The van der Waals surface area contributed by atoms with Gasteiger partial charge in [-0.3, -0.25) is 0 Å². The molecular formula is C14H17N5OS. The number of nitrogens with one attached hydrogen (secondary N) is 1. The van der Waals surface area contributed by atoms with E-state index in [0.29, 0.717) is 12.2 Å². The molecule has 1 unspecified atom stereocenters. The van der Waals surface area contributed by atoms with E-state index in [1.54, 1.807) is 15.9 Å². The average molecular weight is 303 g/mol. The Labute approximate surface area is 126 Å². The number of thiophene rings is 1. The van der Waals surface area contributed by atoms with Crippen molar-refractivity contribution in [2.75, 3.05) is 11.9 Å². The van der Waals surface area contributed by atoms with Gasteiger partial charge in [-0.1, -0.05) is 6.07 Å². The molecule has 1 atom stereocenters. The minimum atomic E-state index is 0.0444. The fourth-order valence-electron chi connectivity index (χ4n) is 2.27. The van der Waals surface area contributed by atoms with Gasteiger partial charge in [-0.15, -0.1) is 11.3 Å². The van der Waals surface area contributed by atoms with E-state index in [-0.39, 0.29) is 12.6 Å². The highest BCUT2D eigenvalue weighted by atomic mass is 32.1. The third-order valence-corrected chi connectivity index (χ3v) is 4.51. The molecule has 3 heterocycles. The molecule has 21 heavy (non-hydrogen) atoms. The number of aryl methyl sites for hydroxylation is 1. The molecule has 6 nitrogen and oxygen atoms in total. The second-order valence-corrected chi connectivity index (χ2v) is 5.85. The first-order chi connectivity index (χ1) is 10.2. The summed E-state index contributed by atoms with van der Waals surface area (Å²) in [5.41, 5.74) is 1.96. The zero-order valence-electron chi connectivity index (χ0n) is 11.9. The number of rotatable bonds is 5. The Morgan fingerprint density at radius 2 is 2.29 bits per heavy atom. The van der Waals surface area contributed by atoms with E-state index in [2.05, 4.69) is 26.4 Å². The number of hydrogen-bond donors (Lipinski definition) is 2. The molecule has 0 aliphatic rings. The van der Waals surface area contributed by atoms with Crippen molar-refractivity contribution in [2.45, 2.75) is 26.3 Å². The zero-order valence-corrected chi connectivity index (χ0v) is 12.8. The second kappa shape index (κ2) is 5.79. The highest BCUT2D eigenvalue weighted by Gasteiger charge is 2.17. The molecule has 3 aromatic heterocycles. The normalized spacial score (nSPS) is 12.7. The van der Waals surface area contributed by atoms with E-state index < -0.39 is 0 Å². The highest BCUT2D eigenvalue weighted by molar-refractivity contribution is 7.10. The lowest BCUT2D eigenvalue weighted by molar-refractivity contribution is 0.280. The first-order valence-electron chi connectivity index (χ1n) is 6.78. The monoisotopic (exact) mass is 303 g/mol. The molecule has 0 fully saturated rings. The predicted molar refractivity (Wildman–Crippen MR) is 82.6 cm³/mol. The summed E-state index contributed by atoms with van der Waals surface area (Å²) in [4.78, 5) is 9.75. The van der Waals surface area contributed by atoms with Crippen LogP contribution in [0, 0.1) is 13.8 Å². The minimum Gasteiger partial charge on any atom is -0.396 e. The van der Waals surface area contributed by atoms with Crippen molar-refractivity contribution in [3.63, 3.8) is 0 Å². The van der Waals surface area contributed by atoms with Crippen LogP contribution in [-0.4, -0.2) is 31.3 Å². The topological polar surface area (TPSA) is 75.3 Å². The van der Waals surface area contributed by atoms with Gasteiger partial charge in [0.25, 0.3) is 5.78 Å². The second-order valence-electron chi connectivity index (χ2n) is 4.87. The van der Waals surface area contributed by atoms with Gasteiger partial charge in [-0.25, -0.2) is 4.98 Å². The van der Waals surface area contributed by atoms with Crippen LogP contribution in [0.25, 0.3) is 5.78 Å². The van der Waals surface area contributed by atoms with E-state index in [9.17, 15) is 5.11 Å². The SMILES string of the molecule is Cc1nc2ncnn2c(NC(CCO)c2cccs2)c1C. The Morgan fingerprint density at radius 3 is 3.00 bits per heavy atom. The number of hydrogen-bond acceptors (Lipinski definition) is 6. The molecule has 110 valence electrons. The molecular weight excluding hydrogens is 286 g/mol. The molecule has 0 saturated heterocycles. The number of nitrogens with zero attached hydrogens (tertiary/aromatic N) is 4. The lowest BCUT2D eigenvalue weighted by Gasteiger charge is -2.20. The van der Waals surface area contributed by atoms with Crippen LogP contribution in [-0.2, 0) is 0 Å². The fraction of sp³-hybridized carbons (Fsp3) is 0.357. The summed E-state index contributed by atoms with van der Waals surface area (Å²) in [6.45, 7) is 4.09. The average Bonchev–Trinajstić information content (AvgIpc) is 3.13. The van der Waals surface area contributed by atoms with E-state index >= 15 is 0 Å². The van der Waals surface area contributed by atoms with E-state index in [0.717, 1.165) is 17.1 Å². The Morgan fingerprint density at radius 1 is 1.43 bits per heavy atom. The lowest BCUT2D eigenvalue weighted by Crippen LogP contribution is -2.16. The first kappa shape index (κ1) is 14.0. The molecule has 0 aromatic carbocycles. The molecule has 0 bridgehead atoms. The highest BCUT2D eigenvalue weighted by Crippen LogP contribution is 2.28. The van der Waals surface area contributed by atoms with Crippen molar-refractivity contribution in [1.29, 1.82) is 0 Å². The van der Waals surface area contributed by atoms with Crippen LogP contribution in [0.15, 0.2) is 23.8 Å². The summed E-state index contributed by atoms with van der Waals surface area (Å²) in [7, 11) is 0. The Hall–Kier alpha value is -1.99. The van der Waals surface area contributed by atoms with Crippen molar-refractivity contribution >= 4 is 22.9 Å². The smallest absolute Gasteiger partial charge is 0.254 e.